The van der Waals surface area contributed by atoms with Gasteiger partial charge in [-0.25, -0.2) is 23.5 Å². The van der Waals surface area contributed by atoms with Crippen LogP contribution in [0.1, 0.15) is 46.7 Å². The summed E-state index contributed by atoms with van der Waals surface area (Å²) < 4.78 is 43.6. The third-order valence-corrected chi connectivity index (χ3v) is 8.08. The Labute approximate surface area is 240 Å². The number of fused-ring (bicyclic) bond motifs is 1. The number of piperidine rings is 1. The molecule has 6 rings (SSSR count). The van der Waals surface area contributed by atoms with Crippen LogP contribution in [0.2, 0.25) is 5.02 Å². The highest BCUT2D eigenvalue weighted by Gasteiger charge is 2.38. The lowest BCUT2D eigenvalue weighted by molar-refractivity contribution is -0.0593. The Kier molecular flexibility index (Phi) is 7.63. The number of pyridine rings is 1. The number of alkyl halides is 1. The first kappa shape index (κ1) is 27.6. The van der Waals surface area contributed by atoms with Crippen molar-refractivity contribution in [3.63, 3.8) is 0 Å². The lowest BCUT2D eigenvalue weighted by Gasteiger charge is -2.36. The summed E-state index contributed by atoms with van der Waals surface area (Å²) in [5, 5.41) is 9.77. The Morgan fingerprint density at radius 2 is 1.95 bits per heavy atom. The fourth-order valence-corrected chi connectivity index (χ4v) is 5.48. The predicted octanol–water partition coefficient (Wildman–Crippen LogP) is 5.75. The second-order valence-corrected chi connectivity index (χ2v) is 11.0. The number of ether oxygens (including phenoxy) is 2. The maximum absolute atomic E-state index is 16.1. The van der Waals surface area contributed by atoms with Gasteiger partial charge in [0.1, 0.15) is 18.2 Å². The molecule has 2 aliphatic heterocycles. The van der Waals surface area contributed by atoms with E-state index >= 15 is 4.39 Å². The van der Waals surface area contributed by atoms with Crippen LogP contribution >= 0.6 is 11.6 Å². The maximum Gasteiger partial charge on any atom is 0.335 e. The first-order chi connectivity index (χ1) is 19.8. The van der Waals surface area contributed by atoms with Gasteiger partial charge in [0.2, 0.25) is 5.88 Å². The first-order valence-corrected chi connectivity index (χ1v) is 13.9. The van der Waals surface area contributed by atoms with Crippen LogP contribution in [0.15, 0.2) is 54.6 Å². The zero-order valence-electron chi connectivity index (χ0n) is 22.2. The fourth-order valence-electron chi connectivity index (χ4n) is 5.32. The summed E-state index contributed by atoms with van der Waals surface area (Å²) in [6.45, 7) is 2.74. The highest BCUT2D eigenvalue weighted by molar-refractivity contribution is 6.30. The van der Waals surface area contributed by atoms with Crippen LogP contribution in [-0.2, 0) is 30.1 Å². The van der Waals surface area contributed by atoms with E-state index in [-0.39, 0.29) is 37.0 Å². The van der Waals surface area contributed by atoms with E-state index in [4.69, 9.17) is 26.1 Å². The molecule has 0 aliphatic carbocycles. The number of aromatic nitrogens is 3. The molecule has 1 N–H and O–H groups in total. The molecule has 41 heavy (non-hydrogen) atoms. The number of hydrogen-bond acceptors (Lipinski definition) is 6. The Morgan fingerprint density at radius 3 is 2.66 bits per heavy atom. The molecule has 0 spiro atoms. The molecule has 8 nitrogen and oxygen atoms in total. The number of imidazole rings is 1. The Morgan fingerprint density at radius 1 is 1.15 bits per heavy atom. The van der Waals surface area contributed by atoms with Crippen molar-refractivity contribution in [3.05, 3.63) is 88.1 Å². The van der Waals surface area contributed by atoms with Gasteiger partial charge in [-0.05, 0) is 55.7 Å². The van der Waals surface area contributed by atoms with Crippen molar-refractivity contribution in [1.82, 2.24) is 19.4 Å². The molecule has 2 saturated heterocycles. The van der Waals surface area contributed by atoms with Crippen molar-refractivity contribution in [3.8, 4) is 5.88 Å². The van der Waals surface area contributed by atoms with Gasteiger partial charge in [-0.1, -0.05) is 23.7 Å². The van der Waals surface area contributed by atoms with Crippen LogP contribution < -0.4 is 4.74 Å². The van der Waals surface area contributed by atoms with Crippen LogP contribution in [0.4, 0.5) is 8.78 Å². The van der Waals surface area contributed by atoms with Crippen molar-refractivity contribution < 1.29 is 28.2 Å². The molecular weight excluding hydrogens is 554 g/mol. The van der Waals surface area contributed by atoms with Gasteiger partial charge in [0, 0.05) is 36.3 Å². The molecule has 214 valence electrons. The molecular formula is C30H29ClF2N4O4. The molecule has 4 aromatic rings. The number of carbonyl (C=O) groups is 1. The number of rotatable bonds is 9. The SMILES string of the molecule is O=C(O)c1ccc2nc(CN3CCC(F)(c4cccc(OCc5ccc(Cl)cc5F)n4)CC3)n(CC3CCO3)c2c1. The van der Waals surface area contributed by atoms with Gasteiger partial charge in [0.25, 0.3) is 0 Å². The van der Waals surface area contributed by atoms with Gasteiger partial charge in [-0.2, -0.15) is 0 Å². The Hall–Kier alpha value is -3.60. The topological polar surface area (TPSA) is 89.7 Å². The number of carboxylic acids is 1. The summed E-state index contributed by atoms with van der Waals surface area (Å²) in [5.74, 6) is -0.438. The fraction of sp³-hybridized carbons (Fsp3) is 0.367. The van der Waals surface area contributed by atoms with Crippen molar-refractivity contribution in [2.45, 2.75) is 50.7 Å². The van der Waals surface area contributed by atoms with Gasteiger partial charge < -0.3 is 19.1 Å². The molecule has 1 atom stereocenters. The van der Waals surface area contributed by atoms with Crippen LogP contribution in [-0.4, -0.2) is 56.3 Å². The van der Waals surface area contributed by atoms with Crippen LogP contribution in [0, 0.1) is 5.82 Å². The first-order valence-electron chi connectivity index (χ1n) is 13.6. The van der Waals surface area contributed by atoms with E-state index in [1.165, 1.54) is 6.07 Å². The predicted molar refractivity (Wildman–Crippen MR) is 148 cm³/mol. The van der Waals surface area contributed by atoms with E-state index in [0.717, 1.165) is 29.9 Å². The lowest BCUT2D eigenvalue weighted by Crippen LogP contribution is -2.41. The van der Waals surface area contributed by atoms with E-state index in [1.54, 1.807) is 48.5 Å². The number of halogens is 3. The quantitative estimate of drug-likeness (QED) is 0.269. The Balaban J connectivity index is 1.14. The zero-order chi connectivity index (χ0) is 28.6. The summed E-state index contributed by atoms with van der Waals surface area (Å²) in [6.07, 6.45) is 1.49. The molecule has 0 radical (unpaired) electrons. The van der Waals surface area contributed by atoms with Gasteiger partial charge in [-0.3, -0.25) is 4.90 Å². The average molecular weight is 583 g/mol. The van der Waals surface area contributed by atoms with E-state index in [9.17, 15) is 14.3 Å². The molecule has 2 aromatic carbocycles. The van der Waals surface area contributed by atoms with Crippen LogP contribution in [0.5, 0.6) is 5.88 Å². The molecule has 2 aliphatic rings. The van der Waals surface area contributed by atoms with Gasteiger partial charge in [0.05, 0.1) is 41.5 Å². The zero-order valence-corrected chi connectivity index (χ0v) is 23.0. The standard InChI is InChI=1S/C30H29ClF2N4O4/c31-21-6-4-20(23(32)15-21)18-41-28-3-1-2-26(35-28)30(33)9-11-36(12-10-30)17-27-34-24-7-5-19(29(38)39)14-25(24)37(27)16-22-8-13-40-22/h1-7,14-15,22H,8-13,16-18H2,(H,38,39). The minimum Gasteiger partial charge on any atom is -0.478 e. The number of benzene rings is 2. The third kappa shape index (κ3) is 5.91. The summed E-state index contributed by atoms with van der Waals surface area (Å²) in [4.78, 5) is 22.9. The number of hydrogen-bond donors (Lipinski definition) is 1. The van der Waals surface area contributed by atoms with E-state index < -0.39 is 17.5 Å². The van der Waals surface area contributed by atoms with Crippen molar-refractivity contribution in [1.29, 1.82) is 0 Å². The molecule has 4 heterocycles. The number of aromatic carboxylic acids is 1. The van der Waals surface area contributed by atoms with E-state index in [2.05, 4.69) is 9.88 Å². The summed E-state index contributed by atoms with van der Waals surface area (Å²) in [6, 6.07) is 14.3. The second kappa shape index (κ2) is 11.3. The maximum atomic E-state index is 16.1. The highest BCUT2D eigenvalue weighted by Crippen LogP contribution is 2.37. The van der Waals surface area contributed by atoms with Crippen LogP contribution in [0.3, 0.4) is 0 Å². The van der Waals surface area contributed by atoms with Gasteiger partial charge in [-0.15, -0.1) is 0 Å². The third-order valence-electron chi connectivity index (χ3n) is 7.84. The highest BCUT2D eigenvalue weighted by atomic mass is 35.5. The molecule has 0 saturated carbocycles. The molecule has 0 amide bonds. The number of carboxylic acid groups (broad SMARTS) is 1. The molecule has 0 bridgehead atoms. The summed E-state index contributed by atoms with van der Waals surface area (Å²) in [5.41, 5.74) is 0.683. The number of nitrogens with zero attached hydrogens (tertiary/aromatic N) is 4. The minimum absolute atomic E-state index is 0.0482. The summed E-state index contributed by atoms with van der Waals surface area (Å²) >= 11 is 5.81. The summed E-state index contributed by atoms with van der Waals surface area (Å²) in [7, 11) is 0. The average Bonchev–Trinajstić information content (AvgIpc) is 3.27. The largest absolute Gasteiger partial charge is 0.478 e. The second-order valence-electron chi connectivity index (χ2n) is 10.6. The van der Waals surface area contributed by atoms with E-state index in [1.807, 2.05) is 4.57 Å². The van der Waals surface area contributed by atoms with Crippen molar-refractivity contribution in [2.24, 2.45) is 0 Å². The van der Waals surface area contributed by atoms with Gasteiger partial charge in [0.15, 0.2) is 5.67 Å². The molecule has 1 unspecified atom stereocenters. The molecule has 11 heteroatoms. The monoisotopic (exact) mass is 582 g/mol. The lowest BCUT2D eigenvalue weighted by atomic mass is 9.89. The Bertz CT molecular complexity index is 1580. The van der Waals surface area contributed by atoms with E-state index in [0.29, 0.717) is 42.5 Å². The molecule has 2 aromatic heterocycles. The number of likely N-dealkylation sites (tertiary alicyclic amines) is 1. The van der Waals surface area contributed by atoms with Gasteiger partial charge >= 0.3 is 5.97 Å². The normalized spacial score (nSPS) is 18.8. The van der Waals surface area contributed by atoms with Crippen LogP contribution in [0.25, 0.3) is 11.0 Å². The smallest absolute Gasteiger partial charge is 0.335 e. The molecule has 2 fully saturated rings. The van der Waals surface area contributed by atoms with Crippen molar-refractivity contribution >= 4 is 28.6 Å². The minimum atomic E-state index is -1.63. The van der Waals surface area contributed by atoms with Crippen molar-refractivity contribution in [2.75, 3.05) is 19.7 Å².